The molecule has 2 aromatic carbocycles. The number of phenols is 1. The number of esters is 1. The fourth-order valence-electron chi connectivity index (χ4n) is 3.86. The molecule has 0 bridgehead atoms. The second-order valence-electron chi connectivity index (χ2n) is 9.87. The molecule has 0 saturated carbocycles. The molecule has 8 nitrogen and oxygen atoms in total. The lowest BCUT2D eigenvalue weighted by molar-refractivity contribution is -0.143. The van der Waals surface area contributed by atoms with Crippen LogP contribution in [-0.4, -0.2) is 33.2 Å². The van der Waals surface area contributed by atoms with E-state index in [9.17, 15) is 29.7 Å². The Morgan fingerprint density at radius 3 is 2.38 bits per heavy atom. The molecule has 0 spiro atoms. The van der Waals surface area contributed by atoms with Gasteiger partial charge in [0.05, 0.1) is 22.6 Å². The first-order chi connectivity index (χ1) is 15.7. The van der Waals surface area contributed by atoms with Crippen LogP contribution in [0.2, 0.25) is 0 Å². The normalized spacial score (nSPS) is 15.9. The van der Waals surface area contributed by atoms with Gasteiger partial charge in [0.1, 0.15) is 28.2 Å². The van der Waals surface area contributed by atoms with Crippen molar-refractivity contribution in [3.63, 3.8) is 0 Å². The van der Waals surface area contributed by atoms with E-state index in [2.05, 4.69) is 0 Å². The SMILES string of the molecule is C[C@H](O)[C@](C)(O)c1cc(=O)c2c(O)cc3c(c2o1)C(=O)c1c(cccc1OC(=O)C(C)(C)C)C3. The summed E-state index contributed by atoms with van der Waals surface area (Å²) in [5, 5.41) is 31.0. The van der Waals surface area contributed by atoms with Crippen molar-refractivity contribution in [2.75, 3.05) is 0 Å². The molecule has 2 atom stereocenters. The summed E-state index contributed by atoms with van der Waals surface area (Å²) in [6.07, 6.45) is -1.08. The fourth-order valence-corrected chi connectivity index (χ4v) is 3.86. The Morgan fingerprint density at radius 2 is 1.76 bits per heavy atom. The molecule has 0 saturated heterocycles. The van der Waals surface area contributed by atoms with Gasteiger partial charge >= 0.3 is 5.97 Å². The van der Waals surface area contributed by atoms with Crippen molar-refractivity contribution in [3.8, 4) is 11.5 Å². The summed E-state index contributed by atoms with van der Waals surface area (Å²) in [5.41, 5.74) is -2.41. The van der Waals surface area contributed by atoms with Crippen LogP contribution in [0.25, 0.3) is 11.0 Å². The minimum atomic E-state index is -1.92. The molecule has 0 aliphatic heterocycles. The maximum Gasteiger partial charge on any atom is 0.316 e. The Hall–Kier alpha value is -3.49. The van der Waals surface area contributed by atoms with E-state index in [0.717, 1.165) is 6.07 Å². The average Bonchev–Trinajstić information content (AvgIpc) is 2.72. The van der Waals surface area contributed by atoms with Crippen molar-refractivity contribution in [1.82, 2.24) is 0 Å². The zero-order valence-electron chi connectivity index (χ0n) is 19.6. The summed E-state index contributed by atoms with van der Waals surface area (Å²) >= 11 is 0. The Morgan fingerprint density at radius 1 is 1.09 bits per heavy atom. The molecule has 178 valence electrons. The molecular formula is C26H26O8. The number of fused-ring (bicyclic) bond motifs is 4. The van der Waals surface area contributed by atoms with Crippen LogP contribution in [0.15, 0.2) is 39.5 Å². The number of carbonyl (C=O) groups is 2. The number of ketones is 1. The Balaban J connectivity index is 1.97. The van der Waals surface area contributed by atoms with Crippen LogP contribution in [0, 0.1) is 5.41 Å². The van der Waals surface area contributed by atoms with Gasteiger partial charge in [0.15, 0.2) is 11.0 Å². The number of carbonyl (C=O) groups excluding carboxylic acids is 2. The summed E-state index contributed by atoms with van der Waals surface area (Å²) in [6.45, 7) is 7.70. The molecule has 1 aliphatic rings. The monoisotopic (exact) mass is 466 g/mol. The minimum Gasteiger partial charge on any atom is -0.507 e. The number of phenolic OH excluding ortho intramolecular Hbond substituents is 1. The molecular weight excluding hydrogens is 440 g/mol. The number of hydrogen-bond acceptors (Lipinski definition) is 8. The number of ether oxygens (including phenoxy) is 1. The van der Waals surface area contributed by atoms with E-state index in [1.54, 1.807) is 32.9 Å². The molecule has 8 heteroatoms. The third kappa shape index (κ3) is 3.69. The predicted molar refractivity (Wildman–Crippen MR) is 123 cm³/mol. The molecule has 0 fully saturated rings. The van der Waals surface area contributed by atoms with Crippen molar-refractivity contribution in [2.45, 2.75) is 52.7 Å². The summed E-state index contributed by atoms with van der Waals surface area (Å²) < 4.78 is 11.4. The number of hydrogen-bond donors (Lipinski definition) is 3. The maximum atomic E-state index is 13.7. The van der Waals surface area contributed by atoms with Crippen LogP contribution in [0.4, 0.5) is 0 Å². The first-order valence-corrected chi connectivity index (χ1v) is 10.9. The number of aromatic hydroxyl groups is 1. The minimum absolute atomic E-state index is 0.0277. The van der Waals surface area contributed by atoms with E-state index in [-0.39, 0.29) is 45.8 Å². The van der Waals surface area contributed by atoms with Gasteiger partial charge in [-0.2, -0.15) is 0 Å². The number of aliphatic hydroxyl groups excluding tert-OH is 1. The Kier molecular flexibility index (Phi) is 5.42. The van der Waals surface area contributed by atoms with Gasteiger partial charge in [-0.05, 0) is 64.3 Å². The molecule has 1 aliphatic carbocycles. The van der Waals surface area contributed by atoms with Gasteiger partial charge in [-0.1, -0.05) is 12.1 Å². The first kappa shape index (κ1) is 23.7. The van der Waals surface area contributed by atoms with Crippen LogP contribution in [0.1, 0.15) is 67.4 Å². The van der Waals surface area contributed by atoms with E-state index in [1.807, 2.05) is 0 Å². The van der Waals surface area contributed by atoms with Gasteiger partial charge in [0.2, 0.25) is 5.78 Å². The van der Waals surface area contributed by atoms with E-state index >= 15 is 0 Å². The van der Waals surface area contributed by atoms with Gasteiger partial charge in [-0.3, -0.25) is 14.4 Å². The lowest BCUT2D eigenvalue weighted by atomic mass is 9.83. The van der Waals surface area contributed by atoms with Crippen LogP contribution in [0.3, 0.4) is 0 Å². The van der Waals surface area contributed by atoms with Crippen LogP contribution in [0.5, 0.6) is 11.5 Å². The molecule has 3 aromatic rings. The van der Waals surface area contributed by atoms with E-state index in [0.29, 0.717) is 11.1 Å². The van der Waals surface area contributed by atoms with Crippen LogP contribution >= 0.6 is 0 Å². The Labute approximate surface area is 195 Å². The van der Waals surface area contributed by atoms with Crippen LogP contribution in [-0.2, 0) is 16.8 Å². The van der Waals surface area contributed by atoms with Crippen molar-refractivity contribution >= 4 is 22.7 Å². The molecule has 4 rings (SSSR count). The third-order valence-corrected chi connectivity index (χ3v) is 6.14. The average molecular weight is 466 g/mol. The Bertz CT molecular complexity index is 1400. The highest BCUT2D eigenvalue weighted by molar-refractivity contribution is 6.20. The number of rotatable bonds is 3. The van der Waals surface area contributed by atoms with Crippen molar-refractivity contribution in [3.05, 3.63) is 68.6 Å². The van der Waals surface area contributed by atoms with Gasteiger partial charge in [0.25, 0.3) is 0 Å². The highest BCUT2D eigenvalue weighted by Gasteiger charge is 2.36. The predicted octanol–water partition coefficient (Wildman–Crippen LogP) is 3.17. The fraction of sp³-hybridized carbons (Fsp3) is 0.346. The quantitative estimate of drug-likeness (QED) is 0.310. The van der Waals surface area contributed by atoms with Crippen LogP contribution < -0.4 is 10.2 Å². The molecule has 1 heterocycles. The van der Waals surface area contributed by atoms with Gasteiger partial charge < -0.3 is 24.5 Å². The molecule has 1 aromatic heterocycles. The summed E-state index contributed by atoms with van der Waals surface area (Å²) in [6, 6.07) is 7.24. The zero-order chi connectivity index (χ0) is 25.2. The van der Waals surface area contributed by atoms with Crippen molar-refractivity contribution in [1.29, 1.82) is 0 Å². The van der Waals surface area contributed by atoms with Gasteiger partial charge in [-0.15, -0.1) is 0 Å². The van der Waals surface area contributed by atoms with E-state index in [4.69, 9.17) is 9.15 Å². The van der Waals surface area contributed by atoms with Gasteiger partial charge in [0, 0.05) is 6.07 Å². The number of aliphatic hydroxyl groups is 2. The van der Waals surface area contributed by atoms with Crippen molar-refractivity contribution in [2.24, 2.45) is 5.41 Å². The van der Waals surface area contributed by atoms with E-state index < -0.39 is 34.3 Å². The molecule has 34 heavy (non-hydrogen) atoms. The molecule has 3 N–H and O–H groups in total. The maximum absolute atomic E-state index is 13.7. The smallest absolute Gasteiger partial charge is 0.316 e. The third-order valence-electron chi connectivity index (χ3n) is 6.14. The highest BCUT2D eigenvalue weighted by Crippen LogP contribution is 2.40. The number of benzene rings is 2. The summed E-state index contributed by atoms with van der Waals surface area (Å²) in [5.74, 6) is -1.59. The lowest BCUT2D eigenvalue weighted by Gasteiger charge is -2.26. The molecule has 0 unspecified atom stereocenters. The highest BCUT2D eigenvalue weighted by atomic mass is 16.5. The first-order valence-electron chi connectivity index (χ1n) is 10.9. The lowest BCUT2D eigenvalue weighted by Crippen LogP contribution is -2.35. The molecule has 0 radical (unpaired) electrons. The largest absolute Gasteiger partial charge is 0.507 e. The van der Waals surface area contributed by atoms with Crippen molar-refractivity contribution < 1.29 is 34.1 Å². The summed E-state index contributed by atoms with van der Waals surface area (Å²) in [7, 11) is 0. The van der Waals surface area contributed by atoms with E-state index in [1.165, 1.54) is 26.0 Å². The molecule has 0 amide bonds. The second-order valence-corrected chi connectivity index (χ2v) is 9.87. The topological polar surface area (TPSA) is 134 Å². The standard InChI is InChI=1S/C26H26O8/c1-12(27)26(5,32)18-11-16(29)21-15(28)10-14-9-13-7-6-8-17(33-24(31)25(2,3)4)19(13)22(30)20(14)23(21)34-18/h6-8,10-12,27-28,32H,9H2,1-5H3/t12-,26-/m0/s1. The van der Waals surface area contributed by atoms with Gasteiger partial charge in [-0.25, -0.2) is 0 Å². The summed E-state index contributed by atoms with van der Waals surface area (Å²) in [4.78, 5) is 39.1. The zero-order valence-corrected chi connectivity index (χ0v) is 19.6. The second kappa shape index (κ2) is 7.78.